The number of rotatable bonds is 6. The maximum atomic E-state index is 12.9. The lowest BCUT2D eigenvalue weighted by Crippen LogP contribution is -2.52. The second-order valence-electron chi connectivity index (χ2n) is 9.72. The number of carbonyl (C=O) groups excluding carboxylic acids is 3. The molecule has 1 aromatic carbocycles. The quantitative estimate of drug-likeness (QED) is 0.663. The fraction of sp³-hybridized carbons (Fsp3) is 0.625. The van der Waals surface area contributed by atoms with Gasteiger partial charge in [0.05, 0.1) is 6.54 Å². The van der Waals surface area contributed by atoms with E-state index in [0.29, 0.717) is 25.3 Å². The van der Waals surface area contributed by atoms with Crippen LogP contribution in [-0.4, -0.2) is 60.0 Å². The van der Waals surface area contributed by atoms with E-state index in [1.54, 1.807) is 0 Å². The van der Waals surface area contributed by atoms with Gasteiger partial charge in [-0.25, -0.2) is 4.79 Å². The van der Waals surface area contributed by atoms with Crippen LogP contribution in [0.1, 0.15) is 57.4 Å². The summed E-state index contributed by atoms with van der Waals surface area (Å²) in [5.74, 6) is -0.149. The zero-order valence-electron chi connectivity index (χ0n) is 19.2. The second kappa shape index (κ2) is 9.48. The van der Waals surface area contributed by atoms with Crippen molar-refractivity contribution in [2.45, 2.75) is 64.0 Å². The Morgan fingerprint density at radius 1 is 1.16 bits per heavy atom. The molecule has 32 heavy (non-hydrogen) atoms. The molecular formula is C24H35N5O3. The van der Waals surface area contributed by atoms with Crippen LogP contribution in [0.15, 0.2) is 24.3 Å². The van der Waals surface area contributed by atoms with E-state index in [-0.39, 0.29) is 18.4 Å². The highest BCUT2D eigenvalue weighted by molar-refractivity contribution is 6.08. The third-order valence-electron chi connectivity index (χ3n) is 7.07. The summed E-state index contributed by atoms with van der Waals surface area (Å²) in [7, 11) is 1.88. The van der Waals surface area contributed by atoms with Crippen LogP contribution in [0.2, 0.25) is 0 Å². The summed E-state index contributed by atoms with van der Waals surface area (Å²) >= 11 is 0. The average Bonchev–Trinajstić information content (AvgIpc) is 3.01. The number of hydrogen-bond donors (Lipinski definition) is 2. The summed E-state index contributed by atoms with van der Waals surface area (Å²) in [6, 6.07) is 7.79. The number of para-hydroxylation sites is 1. The van der Waals surface area contributed by atoms with Gasteiger partial charge in [-0.15, -0.1) is 0 Å². The van der Waals surface area contributed by atoms with Gasteiger partial charge in [-0.3, -0.25) is 19.9 Å². The minimum absolute atomic E-state index is 0.0927. The molecule has 1 saturated carbocycles. The SMILES string of the molecule is CC1CCC2(CC1)NC(=O)N(NC(=O)CN(C)Cc1ccccc1N1CCCCC1)C2=O. The summed E-state index contributed by atoms with van der Waals surface area (Å²) in [5.41, 5.74) is 4.09. The van der Waals surface area contributed by atoms with Crippen molar-refractivity contribution < 1.29 is 14.4 Å². The van der Waals surface area contributed by atoms with Crippen molar-refractivity contribution >= 4 is 23.5 Å². The number of nitrogens with one attached hydrogen (secondary N) is 2. The predicted octanol–water partition coefficient (Wildman–Crippen LogP) is 2.64. The number of urea groups is 1. The third-order valence-corrected chi connectivity index (χ3v) is 7.07. The van der Waals surface area contributed by atoms with Crippen LogP contribution in [-0.2, 0) is 16.1 Å². The Morgan fingerprint density at radius 2 is 1.84 bits per heavy atom. The maximum Gasteiger partial charge on any atom is 0.344 e. The lowest BCUT2D eigenvalue weighted by Gasteiger charge is -2.33. The summed E-state index contributed by atoms with van der Waals surface area (Å²) in [6.07, 6.45) is 6.73. The third kappa shape index (κ3) is 4.75. The summed E-state index contributed by atoms with van der Waals surface area (Å²) < 4.78 is 0. The molecule has 174 valence electrons. The maximum absolute atomic E-state index is 12.9. The molecule has 8 heteroatoms. The van der Waals surface area contributed by atoms with Gasteiger partial charge in [0.15, 0.2) is 0 Å². The number of nitrogens with zero attached hydrogens (tertiary/aromatic N) is 3. The molecule has 1 aliphatic carbocycles. The monoisotopic (exact) mass is 441 g/mol. The molecule has 0 bridgehead atoms. The van der Waals surface area contributed by atoms with E-state index in [1.807, 2.05) is 18.0 Å². The number of hydrogen-bond acceptors (Lipinski definition) is 5. The van der Waals surface area contributed by atoms with Gasteiger partial charge in [0, 0.05) is 25.3 Å². The highest BCUT2D eigenvalue weighted by Crippen LogP contribution is 2.35. The van der Waals surface area contributed by atoms with E-state index in [1.165, 1.54) is 30.5 Å². The van der Waals surface area contributed by atoms with Crippen LogP contribution in [0.25, 0.3) is 0 Å². The van der Waals surface area contributed by atoms with Gasteiger partial charge >= 0.3 is 6.03 Å². The minimum atomic E-state index is -0.851. The highest BCUT2D eigenvalue weighted by Gasteiger charge is 2.52. The smallest absolute Gasteiger partial charge is 0.344 e. The van der Waals surface area contributed by atoms with Gasteiger partial charge in [-0.2, -0.15) is 5.01 Å². The Balaban J connectivity index is 1.34. The van der Waals surface area contributed by atoms with Crippen molar-refractivity contribution in [2.75, 3.05) is 31.6 Å². The van der Waals surface area contributed by atoms with Gasteiger partial charge in [-0.1, -0.05) is 25.1 Å². The molecule has 3 fully saturated rings. The number of imide groups is 1. The Hall–Kier alpha value is -2.61. The van der Waals surface area contributed by atoms with Crippen molar-refractivity contribution in [3.8, 4) is 0 Å². The van der Waals surface area contributed by atoms with Gasteiger partial charge in [0.25, 0.3) is 11.8 Å². The van der Waals surface area contributed by atoms with Crippen molar-refractivity contribution in [3.63, 3.8) is 0 Å². The van der Waals surface area contributed by atoms with E-state index >= 15 is 0 Å². The molecule has 4 rings (SSSR count). The fourth-order valence-electron chi connectivity index (χ4n) is 5.16. The molecule has 2 N–H and O–H groups in total. The molecule has 2 saturated heterocycles. The van der Waals surface area contributed by atoms with Crippen LogP contribution >= 0.6 is 0 Å². The van der Waals surface area contributed by atoms with Crippen LogP contribution in [0.3, 0.4) is 0 Å². The molecule has 1 aromatic rings. The van der Waals surface area contributed by atoms with Crippen LogP contribution < -0.4 is 15.6 Å². The minimum Gasteiger partial charge on any atom is -0.371 e. The number of likely N-dealkylation sites (N-methyl/N-ethyl adjacent to an activating group) is 1. The first-order chi connectivity index (χ1) is 15.4. The van der Waals surface area contributed by atoms with Crippen molar-refractivity contribution in [3.05, 3.63) is 29.8 Å². The van der Waals surface area contributed by atoms with E-state index in [9.17, 15) is 14.4 Å². The number of benzene rings is 1. The first-order valence-corrected chi connectivity index (χ1v) is 11.9. The largest absolute Gasteiger partial charge is 0.371 e. The standard InChI is InChI=1S/C24H35N5O3/c1-18-10-12-24(13-11-18)22(31)29(23(32)25-24)26-21(30)17-27(2)16-19-8-4-5-9-20(19)28-14-6-3-7-15-28/h4-5,8-9,18H,3,6-7,10-17H2,1-2H3,(H,25,32)(H,26,30). The molecule has 0 atom stereocenters. The number of anilines is 1. The number of piperidine rings is 1. The molecule has 0 aromatic heterocycles. The predicted molar refractivity (Wildman–Crippen MR) is 123 cm³/mol. The average molecular weight is 442 g/mol. The normalized spacial score (nSPS) is 26.0. The molecule has 2 heterocycles. The van der Waals surface area contributed by atoms with Gasteiger partial charge in [0.2, 0.25) is 0 Å². The summed E-state index contributed by atoms with van der Waals surface area (Å²) in [5, 5.41) is 3.72. The number of amides is 4. The molecule has 1 spiro atoms. The first-order valence-electron chi connectivity index (χ1n) is 11.9. The lowest BCUT2D eigenvalue weighted by atomic mass is 9.77. The molecular weight excluding hydrogens is 406 g/mol. The Labute approximate surface area is 190 Å². The number of carbonyl (C=O) groups is 3. The van der Waals surface area contributed by atoms with Gasteiger partial charge in [-0.05, 0) is 69.5 Å². The summed E-state index contributed by atoms with van der Waals surface area (Å²) in [4.78, 5) is 42.4. The molecule has 3 aliphatic rings. The van der Waals surface area contributed by atoms with E-state index in [0.717, 1.165) is 30.9 Å². The van der Waals surface area contributed by atoms with Crippen molar-refractivity contribution in [1.82, 2.24) is 20.7 Å². The lowest BCUT2D eigenvalue weighted by molar-refractivity contribution is -0.140. The van der Waals surface area contributed by atoms with Crippen LogP contribution in [0, 0.1) is 5.92 Å². The van der Waals surface area contributed by atoms with Crippen LogP contribution in [0.5, 0.6) is 0 Å². The zero-order chi connectivity index (χ0) is 22.7. The summed E-state index contributed by atoms with van der Waals surface area (Å²) in [6.45, 7) is 4.99. The zero-order valence-corrected chi connectivity index (χ0v) is 19.2. The first kappa shape index (κ1) is 22.6. The highest BCUT2D eigenvalue weighted by atomic mass is 16.2. The topological polar surface area (TPSA) is 85.0 Å². The van der Waals surface area contributed by atoms with Crippen LogP contribution in [0.4, 0.5) is 10.5 Å². The molecule has 0 radical (unpaired) electrons. The van der Waals surface area contributed by atoms with E-state index < -0.39 is 11.6 Å². The molecule has 4 amide bonds. The van der Waals surface area contributed by atoms with Gasteiger partial charge in [0.1, 0.15) is 5.54 Å². The fourth-order valence-corrected chi connectivity index (χ4v) is 5.16. The van der Waals surface area contributed by atoms with Crippen molar-refractivity contribution in [1.29, 1.82) is 0 Å². The van der Waals surface area contributed by atoms with E-state index in [4.69, 9.17) is 0 Å². The van der Waals surface area contributed by atoms with E-state index in [2.05, 4.69) is 40.8 Å². The number of hydrazine groups is 1. The Bertz CT molecular complexity index is 859. The van der Waals surface area contributed by atoms with Crippen molar-refractivity contribution in [2.24, 2.45) is 5.92 Å². The Kier molecular flexibility index (Phi) is 6.69. The second-order valence-corrected chi connectivity index (χ2v) is 9.72. The molecule has 2 aliphatic heterocycles. The van der Waals surface area contributed by atoms with Gasteiger partial charge < -0.3 is 10.2 Å². The molecule has 0 unspecified atom stereocenters. The Morgan fingerprint density at radius 3 is 2.56 bits per heavy atom. The molecule has 8 nitrogen and oxygen atoms in total.